The molecule has 4 nitrogen and oxygen atoms in total. The Kier molecular flexibility index (Phi) is 5.27. The van der Waals surface area contributed by atoms with Crippen molar-refractivity contribution in [2.24, 2.45) is 0 Å². The van der Waals surface area contributed by atoms with Gasteiger partial charge in [0.1, 0.15) is 6.04 Å². The van der Waals surface area contributed by atoms with Crippen molar-refractivity contribution in [2.75, 3.05) is 29.9 Å². The highest BCUT2D eigenvalue weighted by molar-refractivity contribution is 9.10. The molecule has 0 spiro atoms. The lowest BCUT2D eigenvalue weighted by atomic mass is 10.1. The first kappa shape index (κ1) is 15.9. The number of terminal acetylenes is 1. The smallest absolute Gasteiger partial charge is 0.246 e. The van der Waals surface area contributed by atoms with E-state index in [2.05, 4.69) is 44.3 Å². The average Bonchev–Trinajstić information content (AvgIpc) is 2.74. The number of carbonyl (C=O) groups excluding carboxylic acids is 1. The van der Waals surface area contributed by atoms with Crippen molar-refractivity contribution < 1.29 is 4.79 Å². The van der Waals surface area contributed by atoms with Crippen molar-refractivity contribution in [3.05, 3.63) is 22.2 Å². The van der Waals surface area contributed by atoms with Crippen LogP contribution in [0.5, 0.6) is 0 Å². The van der Waals surface area contributed by atoms with Crippen LogP contribution in [0.2, 0.25) is 0 Å². The van der Waals surface area contributed by atoms with Gasteiger partial charge in [-0.25, -0.2) is 0 Å². The van der Waals surface area contributed by atoms with E-state index < -0.39 is 0 Å². The Hall–Kier alpha value is -1.51. The number of benzene rings is 1. The number of nitrogens with zero attached hydrogens (tertiary/aromatic N) is 1. The van der Waals surface area contributed by atoms with Crippen LogP contribution >= 0.6 is 15.9 Å². The molecule has 112 valence electrons. The van der Waals surface area contributed by atoms with Crippen LogP contribution in [0.4, 0.5) is 11.4 Å². The molecule has 1 unspecified atom stereocenters. The van der Waals surface area contributed by atoms with Crippen LogP contribution in [0.3, 0.4) is 0 Å². The molecule has 0 fully saturated rings. The molecule has 1 aliphatic rings. The fourth-order valence-corrected chi connectivity index (χ4v) is 3.20. The summed E-state index contributed by atoms with van der Waals surface area (Å²) in [7, 11) is 0. The molecule has 0 saturated carbocycles. The minimum atomic E-state index is -0.275. The van der Waals surface area contributed by atoms with Crippen LogP contribution in [-0.2, 0) is 4.79 Å². The van der Waals surface area contributed by atoms with Crippen LogP contribution in [-0.4, -0.2) is 25.5 Å². The topological polar surface area (TPSA) is 44.4 Å². The highest BCUT2D eigenvalue weighted by atomic mass is 79.9. The third kappa shape index (κ3) is 3.22. The summed E-state index contributed by atoms with van der Waals surface area (Å²) < 4.78 is 0.962. The van der Waals surface area contributed by atoms with Crippen LogP contribution in [0.15, 0.2) is 16.6 Å². The molecule has 2 rings (SSSR count). The molecule has 5 heteroatoms. The molecule has 0 radical (unpaired) electrons. The van der Waals surface area contributed by atoms with Gasteiger partial charge in [0.15, 0.2) is 0 Å². The van der Waals surface area contributed by atoms with Gasteiger partial charge in [-0.3, -0.25) is 4.79 Å². The number of fused-ring (bicyclic) bond motifs is 1. The molecular weight excluding hydrogens is 330 g/mol. The maximum atomic E-state index is 12.0. The van der Waals surface area contributed by atoms with Gasteiger partial charge in [0, 0.05) is 22.3 Å². The molecule has 0 aliphatic carbocycles. The first-order chi connectivity index (χ1) is 10.1. The van der Waals surface area contributed by atoms with E-state index in [0.717, 1.165) is 40.9 Å². The first-order valence-electron chi connectivity index (χ1n) is 7.18. The van der Waals surface area contributed by atoms with Crippen molar-refractivity contribution in [2.45, 2.75) is 26.3 Å². The Morgan fingerprint density at radius 2 is 2.24 bits per heavy atom. The van der Waals surface area contributed by atoms with E-state index in [9.17, 15) is 4.79 Å². The molecule has 0 saturated heterocycles. The zero-order valence-corrected chi connectivity index (χ0v) is 14.0. The number of halogens is 1. The second-order valence-electron chi connectivity index (χ2n) is 5.00. The summed E-state index contributed by atoms with van der Waals surface area (Å²) in [5.41, 5.74) is 2.86. The van der Waals surface area contributed by atoms with Crippen molar-refractivity contribution >= 4 is 33.2 Å². The van der Waals surface area contributed by atoms with Crippen LogP contribution < -0.4 is 15.5 Å². The van der Waals surface area contributed by atoms with Crippen molar-refractivity contribution in [3.8, 4) is 12.3 Å². The average molecular weight is 350 g/mol. The number of hydrogen-bond acceptors (Lipinski definition) is 3. The summed E-state index contributed by atoms with van der Waals surface area (Å²) >= 11 is 3.61. The normalized spacial score (nSPS) is 16.3. The van der Waals surface area contributed by atoms with Crippen LogP contribution in [0.1, 0.15) is 31.9 Å². The van der Waals surface area contributed by atoms with E-state index in [1.807, 2.05) is 19.1 Å². The first-order valence-corrected chi connectivity index (χ1v) is 7.97. The molecule has 1 heterocycles. The third-order valence-electron chi connectivity index (χ3n) is 3.47. The molecule has 1 aromatic rings. The number of amides is 1. The quantitative estimate of drug-likeness (QED) is 0.776. The molecule has 0 aromatic heterocycles. The van der Waals surface area contributed by atoms with Gasteiger partial charge in [0.05, 0.1) is 12.2 Å². The Labute approximate surface area is 134 Å². The fourth-order valence-electron chi connectivity index (χ4n) is 2.58. The number of carbonyl (C=O) groups is 1. The second-order valence-corrected chi connectivity index (χ2v) is 5.85. The molecule has 1 amide bonds. The van der Waals surface area contributed by atoms with E-state index >= 15 is 0 Å². The lowest BCUT2D eigenvalue weighted by Gasteiger charge is -2.24. The fraction of sp³-hybridized carbons (Fsp3) is 0.438. The summed E-state index contributed by atoms with van der Waals surface area (Å²) in [6, 6.07) is 3.74. The number of hydrogen-bond donors (Lipinski definition) is 2. The van der Waals surface area contributed by atoms with Gasteiger partial charge in [-0.2, -0.15) is 0 Å². The second kappa shape index (κ2) is 6.97. The molecule has 1 atom stereocenters. The van der Waals surface area contributed by atoms with Gasteiger partial charge in [-0.15, -0.1) is 6.42 Å². The Balaban J connectivity index is 2.38. The van der Waals surface area contributed by atoms with E-state index in [0.29, 0.717) is 6.54 Å². The van der Waals surface area contributed by atoms with Gasteiger partial charge in [-0.1, -0.05) is 19.8 Å². The van der Waals surface area contributed by atoms with E-state index in [-0.39, 0.29) is 11.9 Å². The number of likely N-dealkylation sites (N-methyl/N-ethyl adjacent to an activating group) is 1. The monoisotopic (exact) mass is 349 g/mol. The minimum Gasteiger partial charge on any atom is -0.359 e. The minimum absolute atomic E-state index is 0.00473. The van der Waals surface area contributed by atoms with Gasteiger partial charge in [0.2, 0.25) is 5.91 Å². The Morgan fingerprint density at radius 1 is 1.48 bits per heavy atom. The van der Waals surface area contributed by atoms with Gasteiger partial charge in [-0.05, 0) is 41.0 Å². The number of nitrogens with one attached hydrogen (secondary N) is 2. The van der Waals surface area contributed by atoms with Crippen LogP contribution in [0.25, 0.3) is 0 Å². The summed E-state index contributed by atoms with van der Waals surface area (Å²) in [4.78, 5) is 14.2. The molecular formula is C16H20BrN3O. The standard InChI is InChI=1S/C16H20BrN3O/c1-4-7-20(8-5-2)14-10-13-11(9-12(14)17)15(18-6-3)16(21)19-13/h1,9-10,15,18H,5-8H2,2-3H3,(H,19,21). The highest BCUT2D eigenvalue weighted by Gasteiger charge is 2.31. The molecule has 0 bridgehead atoms. The van der Waals surface area contributed by atoms with Gasteiger partial charge in [0.25, 0.3) is 0 Å². The third-order valence-corrected chi connectivity index (χ3v) is 4.11. The molecule has 1 aromatic carbocycles. The maximum Gasteiger partial charge on any atom is 0.246 e. The molecule has 2 N–H and O–H groups in total. The highest BCUT2D eigenvalue weighted by Crippen LogP contribution is 2.39. The predicted octanol–water partition coefficient (Wildman–Crippen LogP) is 2.90. The summed E-state index contributed by atoms with van der Waals surface area (Å²) in [6.07, 6.45) is 6.47. The molecule has 1 aliphatic heterocycles. The van der Waals surface area contributed by atoms with Gasteiger partial charge >= 0.3 is 0 Å². The van der Waals surface area contributed by atoms with E-state index in [4.69, 9.17) is 6.42 Å². The lowest BCUT2D eigenvalue weighted by Crippen LogP contribution is -2.27. The van der Waals surface area contributed by atoms with Gasteiger partial charge < -0.3 is 15.5 Å². The summed E-state index contributed by atoms with van der Waals surface area (Å²) in [5.74, 6) is 2.68. The maximum absolute atomic E-state index is 12.0. The lowest BCUT2D eigenvalue weighted by molar-refractivity contribution is -0.117. The Bertz CT molecular complexity index is 580. The SMILES string of the molecule is C#CCN(CCC)c1cc2c(cc1Br)C(NCC)C(=O)N2. The van der Waals surface area contributed by atoms with Crippen molar-refractivity contribution in [3.63, 3.8) is 0 Å². The zero-order valence-electron chi connectivity index (χ0n) is 12.4. The van der Waals surface area contributed by atoms with E-state index in [1.54, 1.807) is 0 Å². The molecule has 21 heavy (non-hydrogen) atoms. The van der Waals surface area contributed by atoms with E-state index in [1.165, 1.54) is 0 Å². The largest absolute Gasteiger partial charge is 0.359 e. The van der Waals surface area contributed by atoms with Crippen molar-refractivity contribution in [1.82, 2.24) is 5.32 Å². The predicted molar refractivity (Wildman–Crippen MR) is 90.5 cm³/mol. The summed E-state index contributed by atoms with van der Waals surface area (Å²) in [5, 5.41) is 6.14. The Morgan fingerprint density at radius 3 is 2.86 bits per heavy atom. The number of rotatable bonds is 6. The number of anilines is 2. The summed E-state index contributed by atoms with van der Waals surface area (Å²) in [6.45, 7) is 6.29. The van der Waals surface area contributed by atoms with Crippen molar-refractivity contribution in [1.29, 1.82) is 0 Å². The zero-order chi connectivity index (χ0) is 15.4. The van der Waals surface area contributed by atoms with Crippen LogP contribution in [0, 0.1) is 12.3 Å².